The average Bonchev–Trinajstić information content (AvgIpc) is 2.71. The van der Waals surface area contributed by atoms with Crippen LogP contribution in [0.3, 0.4) is 0 Å². The zero-order chi connectivity index (χ0) is 20.8. The fourth-order valence-electron chi connectivity index (χ4n) is 3.30. The SMILES string of the molecule is C=NNC(CCNC(=O)C(C)CCCN(C)C(=O)CCC1CCNCC1)=NN. The maximum Gasteiger partial charge on any atom is 0.222 e. The number of hydrogen-bond donors (Lipinski definition) is 4. The Kier molecular flexibility index (Phi) is 11.9. The number of carbonyl (C=O) groups excluding carboxylic acids is 2. The van der Waals surface area contributed by atoms with Crippen molar-refractivity contribution in [3.8, 4) is 0 Å². The number of amides is 2. The number of hydrazone groups is 2. The van der Waals surface area contributed by atoms with Gasteiger partial charge in [0.25, 0.3) is 0 Å². The van der Waals surface area contributed by atoms with Gasteiger partial charge in [0.1, 0.15) is 5.84 Å². The van der Waals surface area contributed by atoms with E-state index >= 15 is 0 Å². The third-order valence-corrected chi connectivity index (χ3v) is 5.25. The lowest BCUT2D eigenvalue weighted by atomic mass is 9.93. The van der Waals surface area contributed by atoms with E-state index in [4.69, 9.17) is 5.84 Å². The fourth-order valence-corrected chi connectivity index (χ4v) is 3.30. The number of nitrogens with one attached hydrogen (secondary N) is 3. The van der Waals surface area contributed by atoms with Crippen molar-refractivity contribution in [2.75, 3.05) is 33.2 Å². The summed E-state index contributed by atoms with van der Waals surface area (Å²) in [7, 11) is 1.85. The van der Waals surface area contributed by atoms with Crippen LogP contribution in [0.1, 0.15) is 51.9 Å². The number of piperidine rings is 1. The van der Waals surface area contributed by atoms with Gasteiger partial charge in [0.15, 0.2) is 0 Å². The molecule has 0 radical (unpaired) electrons. The van der Waals surface area contributed by atoms with Gasteiger partial charge >= 0.3 is 0 Å². The monoisotopic (exact) mass is 395 g/mol. The molecule has 9 nitrogen and oxygen atoms in total. The Hall–Kier alpha value is -2.16. The summed E-state index contributed by atoms with van der Waals surface area (Å²) in [5, 5.41) is 13.2. The Morgan fingerprint density at radius 3 is 2.68 bits per heavy atom. The summed E-state index contributed by atoms with van der Waals surface area (Å²) in [6, 6.07) is 0. The summed E-state index contributed by atoms with van der Waals surface area (Å²) in [5.41, 5.74) is 2.57. The van der Waals surface area contributed by atoms with E-state index in [0.29, 0.717) is 37.7 Å². The first kappa shape index (κ1) is 23.9. The third-order valence-electron chi connectivity index (χ3n) is 5.25. The highest BCUT2D eigenvalue weighted by Crippen LogP contribution is 2.18. The molecule has 0 bridgehead atoms. The van der Waals surface area contributed by atoms with Crippen LogP contribution in [-0.4, -0.2) is 62.5 Å². The van der Waals surface area contributed by atoms with Crippen molar-refractivity contribution < 1.29 is 9.59 Å². The molecular weight excluding hydrogens is 358 g/mol. The molecule has 0 saturated carbocycles. The van der Waals surface area contributed by atoms with Gasteiger partial charge in [-0.3, -0.25) is 15.0 Å². The Morgan fingerprint density at radius 2 is 2.04 bits per heavy atom. The second-order valence-corrected chi connectivity index (χ2v) is 7.48. The number of amidine groups is 1. The van der Waals surface area contributed by atoms with Crippen molar-refractivity contribution in [2.45, 2.75) is 51.9 Å². The van der Waals surface area contributed by atoms with Gasteiger partial charge in [-0.25, -0.2) is 0 Å². The van der Waals surface area contributed by atoms with Gasteiger partial charge in [-0.2, -0.15) is 10.2 Å². The van der Waals surface area contributed by atoms with Crippen molar-refractivity contribution in [3.63, 3.8) is 0 Å². The van der Waals surface area contributed by atoms with Gasteiger partial charge in [0, 0.05) is 45.6 Å². The normalized spacial score (nSPS) is 16.3. The summed E-state index contributed by atoms with van der Waals surface area (Å²) < 4.78 is 0. The van der Waals surface area contributed by atoms with E-state index in [1.54, 1.807) is 4.90 Å². The number of nitrogens with zero attached hydrogens (tertiary/aromatic N) is 3. The molecule has 1 aliphatic rings. The zero-order valence-electron chi connectivity index (χ0n) is 17.4. The topological polar surface area (TPSA) is 124 Å². The molecule has 2 amide bonds. The van der Waals surface area contributed by atoms with E-state index in [0.717, 1.165) is 32.4 Å². The van der Waals surface area contributed by atoms with E-state index in [1.807, 2.05) is 14.0 Å². The minimum atomic E-state index is -0.109. The Balaban J connectivity index is 2.15. The van der Waals surface area contributed by atoms with Crippen LogP contribution in [0.4, 0.5) is 0 Å². The Morgan fingerprint density at radius 1 is 1.32 bits per heavy atom. The molecule has 1 saturated heterocycles. The Labute approximate surface area is 168 Å². The first-order valence-corrected chi connectivity index (χ1v) is 10.2. The molecule has 1 heterocycles. The Bertz CT molecular complexity index is 518. The molecule has 1 atom stereocenters. The predicted octanol–water partition coefficient (Wildman–Crippen LogP) is 0.625. The maximum absolute atomic E-state index is 12.3. The lowest BCUT2D eigenvalue weighted by Gasteiger charge is -2.24. The molecule has 1 rings (SSSR count). The zero-order valence-corrected chi connectivity index (χ0v) is 17.4. The van der Waals surface area contributed by atoms with E-state index in [-0.39, 0.29) is 17.7 Å². The lowest BCUT2D eigenvalue weighted by Crippen LogP contribution is -2.34. The van der Waals surface area contributed by atoms with Gasteiger partial charge in [0.05, 0.1) is 0 Å². The highest BCUT2D eigenvalue weighted by molar-refractivity contribution is 5.83. The van der Waals surface area contributed by atoms with Crippen molar-refractivity contribution in [1.29, 1.82) is 0 Å². The highest BCUT2D eigenvalue weighted by Gasteiger charge is 2.17. The quantitative estimate of drug-likeness (QED) is 0.167. The van der Waals surface area contributed by atoms with E-state index < -0.39 is 0 Å². The molecule has 5 N–H and O–H groups in total. The van der Waals surface area contributed by atoms with Crippen LogP contribution in [0.15, 0.2) is 10.2 Å². The van der Waals surface area contributed by atoms with Crippen LogP contribution < -0.4 is 21.9 Å². The van der Waals surface area contributed by atoms with Crippen molar-refractivity contribution in [2.24, 2.45) is 27.9 Å². The number of rotatable bonds is 12. The number of carbonyl (C=O) groups is 2. The van der Waals surface area contributed by atoms with Crippen LogP contribution in [-0.2, 0) is 9.59 Å². The van der Waals surface area contributed by atoms with Gasteiger partial charge < -0.3 is 21.4 Å². The average molecular weight is 396 g/mol. The molecule has 1 fully saturated rings. The summed E-state index contributed by atoms with van der Waals surface area (Å²) >= 11 is 0. The maximum atomic E-state index is 12.3. The number of nitrogens with two attached hydrogens (primary N) is 1. The fraction of sp³-hybridized carbons (Fsp3) is 0.789. The molecule has 0 aromatic rings. The van der Waals surface area contributed by atoms with Gasteiger partial charge in [0.2, 0.25) is 11.8 Å². The molecule has 0 aromatic carbocycles. The molecular formula is C19H37N7O2. The third kappa shape index (κ3) is 9.68. The summed E-state index contributed by atoms with van der Waals surface area (Å²) in [6.45, 7) is 8.44. The highest BCUT2D eigenvalue weighted by atomic mass is 16.2. The number of hydrogen-bond acceptors (Lipinski definition) is 6. The van der Waals surface area contributed by atoms with Crippen LogP contribution in [0.5, 0.6) is 0 Å². The molecule has 1 aliphatic heterocycles. The summed E-state index contributed by atoms with van der Waals surface area (Å²) in [4.78, 5) is 26.2. The largest absolute Gasteiger partial charge is 0.355 e. The van der Waals surface area contributed by atoms with E-state index in [1.165, 1.54) is 12.8 Å². The van der Waals surface area contributed by atoms with Crippen molar-refractivity contribution >= 4 is 24.4 Å². The van der Waals surface area contributed by atoms with Crippen LogP contribution in [0.25, 0.3) is 0 Å². The van der Waals surface area contributed by atoms with Crippen LogP contribution in [0, 0.1) is 11.8 Å². The van der Waals surface area contributed by atoms with Crippen molar-refractivity contribution in [3.05, 3.63) is 0 Å². The standard InChI is InChI=1S/C19H37N7O2/c1-15(19(28)23-13-10-17(24-20)25-21-2)5-4-14-26(3)18(27)7-6-16-8-11-22-12-9-16/h15-16,22H,2,4-14,20H2,1,3H3,(H,23,28)(H,24,25). The van der Waals surface area contributed by atoms with E-state index in [9.17, 15) is 9.59 Å². The van der Waals surface area contributed by atoms with Crippen LogP contribution >= 0.6 is 0 Å². The summed E-state index contributed by atoms with van der Waals surface area (Å²) in [5.74, 6) is 6.42. The minimum absolute atomic E-state index is 0.0113. The summed E-state index contributed by atoms with van der Waals surface area (Å²) in [6.07, 6.45) is 5.95. The molecule has 0 aliphatic carbocycles. The van der Waals surface area contributed by atoms with Crippen molar-refractivity contribution in [1.82, 2.24) is 21.0 Å². The molecule has 0 spiro atoms. The van der Waals surface area contributed by atoms with Crippen LogP contribution in [0.2, 0.25) is 0 Å². The molecule has 9 heteroatoms. The van der Waals surface area contributed by atoms with Gasteiger partial charge in [-0.1, -0.05) is 6.92 Å². The molecule has 160 valence electrons. The second-order valence-electron chi connectivity index (χ2n) is 7.48. The minimum Gasteiger partial charge on any atom is -0.355 e. The molecule has 28 heavy (non-hydrogen) atoms. The first-order chi connectivity index (χ1) is 13.5. The molecule has 0 aromatic heterocycles. The second kappa shape index (κ2) is 13.9. The van der Waals surface area contributed by atoms with Gasteiger partial charge in [-0.05, 0) is 51.1 Å². The smallest absolute Gasteiger partial charge is 0.222 e. The first-order valence-electron chi connectivity index (χ1n) is 10.2. The lowest BCUT2D eigenvalue weighted by molar-refractivity contribution is -0.130. The van der Waals surface area contributed by atoms with Gasteiger partial charge in [-0.15, -0.1) is 0 Å². The van der Waals surface area contributed by atoms with E-state index in [2.05, 4.69) is 33.0 Å². The predicted molar refractivity (Wildman–Crippen MR) is 113 cm³/mol. The molecule has 1 unspecified atom stereocenters.